The second-order valence-electron chi connectivity index (χ2n) is 4.67. The van der Waals surface area contributed by atoms with Gasteiger partial charge in [-0.25, -0.2) is 8.78 Å². The molecule has 0 aromatic heterocycles. The van der Waals surface area contributed by atoms with E-state index in [4.69, 9.17) is 0 Å². The number of carbonyl (C=O) groups excluding carboxylic acids is 1. The number of benzene rings is 1. The van der Waals surface area contributed by atoms with Crippen molar-refractivity contribution in [2.45, 2.75) is 25.7 Å². The molecule has 0 saturated carbocycles. The number of hydrogen-bond acceptors (Lipinski definition) is 2. The fourth-order valence-electron chi connectivity index (χ4n) is 2.33. The van der Waals surface area contributed by atoms with Crippen LogP contribution in [0, 0.1) is 11.6 Å². The Morgan fingerprint density at radius 3 is 2.33 bits per heavy atom. The minimum atomic E-state index is -0.765. The lowest BCUT2D eigenvalue weighted by Gasteiger charge is -2.25. The van der Waals surface area contributed by atoms with Gasteiger partial charge in [0.15, 0.2) is 5.78 Å². The summed E-state index contributed by atoms with van der Waals surface area (Å²) in [6, 6.07) is 3.51. The van der Waals surface area contributed by atoms with Crippen molar-refractivity contribution in [2.24, 2.45) is 0 Å². The molecule has 1 saturated heterocycles. The number of hydrogen-bond donors (Lipinski definition) is 0. The summed E-state index contributed by atoms with van der Waals surface area (Å²) < 4.78 is 26.8. The lowest BCUT2D eigenvalue weighted by atomic mass is 10.1. The van der Waals surface area contributed by atoms with Crippen LogP contribution in [0.15, 0.2) is 18.2 Å². The van der Waals surface area contributed by atoms with Gasteiger partial charge in [0.2, 0.25) is 0 Å². The largest absolute Gasteiger partial charge is 0.303 e. The van der Waals surface area contributed by atoms with Crippen LogP contribution >= 0.6 is 0 Å². The molecule has 1 heterocycles. The van der Waals surface area contributed by atoms with Gasteiger partial charge < -0.3 is 4.90 Å². The second kappa shape index (κ2) is 6.05. The zero-order chi connectivity index (χ0) is 13.0. The van der Waals surface area contributed by atoms with Crippen molar-refractivity contribution in [3.8, 4) is 0 Å². The van der Waals surface area contributed by atoms with Crippen molar-refractivity contribution in [2.75, 3.05) is 19.6 Å². The summed E-state index contributed by atoms with van der Waals surface area (Å²) in [7, 11) is 0. The average molecular weight is 253 g/mol. The quantitative estimate of drug-likeness (QED) is 0.769. The van der Waals surface area contributed by atoms with Crippen LogP contribution in [0.2, 0.25) is 0 Å². The van der Waals surface area contributed by atoms with Gasteiger partial charge in [0.1, 0.15) is 11.6 Å². The molecule has 0 unspecified atom stereocenters. The standard InChI is InChI=1S/C14H17F2NO/c15-11-5-4-6-12(16)14(11)13(18)7-10-17-8-2-1-3-9-17/h4-6H,1-3,7-10H2. The molecule has 1 fully saturated rings. The van der Waals surface area contributed by atoms with Gasteiger partial charge in [-0.1, -0.05) is 12.5 Å². The molecule has 18 heavy (non-hydrogen) atoms. The molecule has 2 nitrogen and oxygen atoms in total. The molecule has 0 radical (unpaired) electrons. The topological polar surface area (TPSA) is 20.3 Å². The predicted molar refractivity (Wildman–Crippen MR) is 65.6 cm³/mol. The van der Waals surface area contributed by atoms with E-state index in [1.807, 2.05) is 0 Å². The van der Waals surface area contributed by atoms with Crippen LogP contribution in [0.1, 0.15) is 36.0 Å². The smallest absolute Gasteiger partial charge is 0.170 e. The highest BCUT2D eigenvalue weighted by Crippen LogP contribution is 2.15. The van der Waals surface area contributed by atoms with Gasteiger partial charge in [-0.05, 0) is 38.1 Å². The van der Waals surface area contributed by atoms with Crippen molar-refractivity contribution < 1.29 is 13.6 Å². The molecule has 1 aromatic carbocycles. The van der Waals surface area contributed by atoms with E-state index in [1.165, 1.54) is 12.5 Å². The molecule has 0 atom stereocenters. The van der Waals surface area contributed by atoms with Gasteiger partial charge in [0, 0.05) is 13.0 Å². The van der Waals surface area contributed by atoms with Crippen molar-refractivity contribution in [3.63, 3.8) is 0 Å². The highest BCUT2D eigenvalue weighted by atomic mass is 19.1. The van der Waals surface area contributed by atoms with Gasteiger partial charge in [-0.15, -0.1) is 0 Å². The lowest BCUT2D eigenvalue weighted by Crippen LogP contribution is -2.31. The number of carbonyl (C=O) groups is 1. The van der Waals surface area contributed by atoms with E-state index in [1.54, 1.807) is 0 Å². The summed E-state index contributed by atoms with van der Waals surface area (Å²) >= 11 is 0. The van der Waals surface area contributed by atoms with E-state index < -0.39 is 23.0 Å². The van der Waals surface area contributed by atoms with E-state index in [0.29, 0.717) is 6.54 Å². The number of ketones is 1. The monoisotopic (exact) mass is 253 g/mol. The molecule has 98 valence electrons. The molecule has 0 spiro atoms. The number of halogens is 2. The average Bonchev–Trinajstić information content (AvgIpc) is 2.37. The van der Waals surface area contributed by atoms with E-state index in [-0.39, 0.29) is 6.42 Å². The van der Waals surface area contributed by atoms with E-state index in [9.17, 15) is 13.6 Å². The normalized spacial score (nSPS) is 16.8. The Morgan fingerprint density at radius 2 is 1.72 bits per heavy atom. The number of rotatable bonds is 4. The first kappa shape index (κ1) is 13.1. The van der Waals surface area contributed by atoms with Crippen molar-refractivity contribution in [3.05, 3.63) is 35.4 Å². The van der Waals surface area contributed by atoms with Gasteiger partial charge in [0.05, 0.1) is 5.56 Å². The zero-order valence-electron chi connectivity index (χ0n) is 10.3. The second-order valence-corrected chi connectivity index (χ2v) is 4.67. The Labute approximate surface area is 106 Å². The molecule has 0 bridgehead atoms. The van der Waals surface area contributed by atoms with Crippen LogP contribution in [0.5, 0.6) is 0 Å². The Morgan fingerprint density at radius 1 is 1.11 bits per heavy atom. The minimum absolute atomic E-state index is 0.178. The summed E-state index contributed by atoms with van der Waals surface area (Å²) in [5.74, 6) is -1.98. The van der Waals surface area contributed by atoms with E-state index in [2.05, 4.69) is 4.90 Å². The molecule has 1 aliphatic heterocycles. The zero-order valence-corrected chi connectivity index (χ0v) is 10.3. The highest BCUT2D eigenvalue weighted by Gasteiger charge is 2.18. The van der Waals surface area contributed by atoms with Crippen LogP contribution in [-0.4, -0.2) is 30.3 Å². The number of Topliss-reactive ketones (excluding diaryl/α,β-unsaturated/α-hetero) is 1. The third kappa shape index (κ3) is 3.13. The number of piperidine rings is 1. The Bertz CT molecular complexity index is 408. The molecule has 1 aromatic rings. The van der Waals surface area contributed by atoms with Crippen LogP contribution in [0.4, 0.5) is 8.78 Å². The summed E-state index contributed by atoms with van der Waals surface area (Å²) in [5, 5.41) is 0. The van der Waals surface area contributed by atoms with Crippen molar-refractivity contribution >= 4 is 5.78 Å². The minimum Gasteiger partial charge on any atom is -0.303 e. The van der Waals surface area contributed by atoms with E-state index in [0.717, 1.165) is 38.1 Å². The highest BCUT2D eigenvalue weighted by molar-refractivity contribution is 5.96. The molecule has 2 rings (SSSR count). The molecular weight excluding hydrogens is 236 g/mol. The third-order valence-corrected chi connectivity index (χ3v) is 3.35. The van der Waals surface area contributed by atoms with Crippen LogP contribution in [0.3, 0.4) is 0 Å². The molecule has 4 heteroatoms. The number of nitrogens with zero attached hydrogens (tertiary/aromatic N) is 1. The predicted octanol–water partition coefficient (Wildman–Crippen LogP) is 3.02. The lowest BCUT2D eigenvalue weighted by molar-refractivity contribution is 0.0950. The molecular formula is C14H17F2NO. The fraction of sp³-hybridized carbons (Fsp3) is 0.500. The number of likely N-dealkylation sites (tertiary alicyclic amines) is 1. The maximum atomic E-state index is 13.4. The maximum absolute atomic E-state index is 13.4. The Hall–Kier alpha value is -1.29. The summed E-state index contributed by atoms with van der Waals surface area (Å²) in [6.45, 7) is 2.55. The van der Waals surface area contributed by atoms with E-state index >= 15 is 0 Å². The van der Waals surface area contributed by atoms with Crippen LogP contribution < -0.4 is 0 Å². The maximum Gasteiger partial charge on any atom is 0.170 e. The van der Waals surface area contributed by atoms with Gasteiger partial charge in [-0.2, -0.15) is 0 Å². The SMILES string of the molecule is O=C(CCN1CCCCC1)c1c(F)cccc1F. The molecule has 0 amide bonds. The van der Waals surface area contributed by atoms with Crippen molar-refractivity contribution in [1.82, 2.24) is 4.90 Å². The molecule has 1 aliphatic rings. The first-order valence-corrected chi connectivity index (χ1v) is 6.38. The van der Waals surface area contributed by atoms with Gasteiger partial charge in [0.25, 0.3) is 0 Å². The summed E-state index contributed by atoms with van der Waals surface area (Å²) in [4.78, 5) is 14.0. The first-order valence-electron chi connectivity index (χ1n) is 6.38. The van der Waals surface area contributed by atoms with Gasteiger partial charge in [-0.3, -0.25) is 4.79 Å². The van der Waals surface area contributed by atoms with Crippen LogP contribution in [-0.2, 0) is 0 Å². The van der Waals surface area contributed by atoms with Crippen LogP contribution in [0.25, 0.3) is 0 Å². The summed E-state index contributed by atoms with van der Waals surface area (Å²) in [6.07, 6.45) is 3.69. The summed E-state index contributed by atoms with van der Waals surface area (Å²) in [5.41, 5.74) is -0.394. The fourth-order valence-corrected chi connectivity index (χ4v) is 2.33. The first-order chi connectivity index (χ1) is 8.68. The van der Waals surface area contributed by atoms with Crippen molar-refractivity contribution in [1.29, 1.82) is 0 Å². The Balaban J connectivity index is 1.95. The third-order valence-electron chi connectivity index (χ3n) is 3.35. The molecule has 0 N–H and O–H groups in total. The van der Waals surface area contributed by atoms with Gasteiger partial charge >= 0.3 is 0 Å². The Kier molecular flexibility index (Phi) is 4.42. The molecule has 0 aliphatic carbocycles.